The molecule has 2 saturated heterocycles. The Balaban J connectivity index is 1.86. The van der Waals surface area contributed by atoms with E-state index in [0.717, 1.165) is 57.3 Å². The molecular weight excluding hydrogens is 440 g/mol. The quantitative estimate of drug-likeness (QED) is 0.618. The van der Waals surface area contributed by atoms with Crippen LogP contribution >= 0.6 is 0 Å². The summed E-state index contributed by atoms with van der Waals surface area (Å²) in [5, 5.41) is 2.94. The van der Waals surface area contributed by atoms with E-state index in [9.17, 15) is 18.0 Å². The van der Waals surface area contributed by atoms with Crippen LogP contribution in [0.2, 0.25) is 0 Å². The van der Waals surface area contributed by atoms with Crippen LogP contribution in [0.3, 0.4) is 0 Å². The zero-order valence-electron chi connectivity index (χ0n) is 20.0. The van der Waals surface area contributed by atoms with Gasteiger partial charge < -0.3 is 15.1 Å². The standard InChI is InChI=1S/C24H38N4O4S/c1-3-28(4-2)33(31,32)20-13-14-22(26-15-10-7-11-16-26)21(18-20)25-23(29)19-27-17-9-6-5-8-12-24(27)30/h13-14,18H,3-12,15-17,19H2,1-2H3,(H,25,29). The minimum atomic E-state index is -3.65. The zero-order chi connectivity index (χ0) is 23.8. The number of hydrogen-bond donors (Lipinski definition) is 1. The number of rotatable bonds is 8. The molecule has 0 radical (unpaired) electrons. The number of sulfonamides is 1. The highest BCUT2D eigenvalue weighted by Crippen LogP contribution is 2.32. The van der Waals surface area contributed by atoms with E-state index in [4.69, 9.17) is 0 Å². The number of piperidine rings is 1. The Kier molecular flexibility index (Phi) is 9.14. The fraction of sp³-hybridized carbons (Fsp3) is 0.667. The Bertz CT molecular complexity index is 924. The van der Waals surface area contributed by atoms with Gasteiger partial charge in [-0.3, -0.25) is 9.59 Å². The van der Waals surface area contributed by atoms with Crippen molar-refractivity contribution in [2.75, 3.05) is 49.5 Å². The van der Waals surface area contributed by atoms with Gasteiger partial charge in [0.05, 0.1) is 22.8 Å². The van der Waals surface area contributed by atoms with Crippen molar-refractivity contribution < 1.29 is 18.0 Å². The Morgan fingerprint density at radius 2 is 1.61 bits per heavy atom. The predicted molar refractivity (Wildman–Crippen MR) is 131 cm³/mol. The number of nitrogens with zero attached hydrogens (tertiary/aromatic N) is 3. The molecule has 3 rings (SSSR count). The van der Waals surface area contributed by atoms with E-state index in [2.05, 4.69) is 10.2 Å². The number of benzene rings is 1. The van der Waals surface area contributed by atoms with Crippen molar-refractivity contribution in [2.24, 2.45) is 0 Å². The number of amides is 2. The summed E-state index contributed by atoms with van der Waals surface area (Å²) in [5.41, 5.74) is 1.33. The Morgan fingerprint density at radius 3 is 2.30 bits per heavy atom. The van der Waals surface area contributed by atoms with Crippen LogP contribution in [0.15, 0.2) is 23.1 Å². The number of carbonyl (C=O) groups excluding carboxylic acids is 2. The van der Waals surface area contributed by atoms with Crippen LogP contribution in [0.1, 0.15) is 65.2 Å². The SMILES string of the molecule is CCN(CC)S(=O)(=O)c1ccc(N2CCCCC2)c(NC(=O)CN2CCCCCCC2=O)c1. The maximum Gasteiger partial charge on any atom is 0.244 e. The van der Waals surface area contributed by atoms with Crippen molar-refractivity contribution in [1.29, 1.82) is 0 Å². The summed E-state index contributed by atoms with van der Waals surface area (Å²) in [4.78, 5) is 29.4. The average molecular weight is 479 g/mol. The van der Waals surface area contributed by atoms with Crippen LogP contribution < -0.4 is 10.2 Å². The summed E-state index contributed by atoms with van der Waals surface area (Å²) in [5.74, 6) is -0.279. The first-order chi connectivity index (χ1) is 15.9. The lowest BCUT2D eigenvalue weighted by atomic mass is 10.1. The van der Waals surface area contributed by atoms with Gasteiger partial charge in [-0.15, -0.1) is 0 Å². The van der Waals surface area contributed by atoms with Crippen LogP contribution in [-0.2, 0) is 19.6 Å². The molecule has 1 aromatic rings. The molecule has 0 aromatic heterocycles. The summed E-state index contributed by atoms with van der Waals surface area (Å²) < 4.78 is 27.6. The molecule has 1 aromatic carbocycles. The zero-order valence-corrected chi connectivity index (χ0v) is 20.8. The van der Waals surface area contributed by atoms with Crippen LogP contribution in [0, 0.1) is 0 Å². The summed E-state index contributed by atoms with van der Waals surface area (Å²) in [6, 6.07) is 5.01. The highest BCUT2D eigenvalue weighted by Gasteiger charge is 2.25. The third-order valence-corrected chi connectivity index (χ3v) is 8.58. The van der Waals surface area contributed by atoms with Crippen LogP contribution in [0.25, 0.3) is 0 Å². The fourth-order valence-corrected chi connectivity index (χ4v) is 6.13. The molecule has 2 amide bonds. The van der Waals surface area contributed by atoms with Gasteiger partial charge in [0, 0.05) is 39.1 Å². The Morgan fingerprint density at radius 1 is 0.970 bits per heavy atom. The highest BCUT2D eigenvalue weighted by atomic mass is 32.2. The fourth-order valence-electron chi connectivity index (χ4n) is 4.64. The molecule has 2 aliphatic heterocycles. The summed E-state index contributed by atoms with van der Waals surface area (Å²) in [6.45, 7) is 6.70. The topological polar surface area (TPSA) is 90.0 Å². The molecule has 1 N–H and O–H groups in total. The molecule has 2 heterocycles. The van der Waals surface area contributed by atoms with Gasteiger partial charge in [-0.2, -0.15) is 4.31 Å². The molecule has 0 bridgehead atoms. The minimum Gasteiger partial charge on any atom is -0.370 e. The lowest BCUT2D eigenvalue weighted by Crippen LogP contribution is -2.39. The molecule has 2 aliphatic rings. The van der Waals surface area contributed by atoms with E-state index in [1.807, 2.05) is 13.8 Å². The van der Waals surface area contributed by atoms with Gasteiger partial charge in [0.1, 0.15) is 0 Å². The van der Waals surface area contributed by atoms with E-state index >= 15 is 0 Å². The first-order valence-corrected chi connectivity index (χ1v) is 13.8. The average Bonchev–Trinajstić information content (AvgIpc) is 2.80. The van der Waals surface area contributed by atoms with Crippen LogP contribution in [0.4, 0.5) is 11.4 Å². The van der Waals surface area contributed by atoms with Crippen LogP contribution in [-0.4, -0.2) is 68.7 Å². The highest BCUT2D eigenvalue weighted by molar-refractivity contribution is 7.89. The monoisotopic (exact) mass is 478 g/mol. The van der Waals surface area contributed by atoms with E-state index in [-0.39, 0.29) is 23.3 Å². The first-order valence-electron chi connectivity index (χ1n) is 12.3. The lowest BCUT2D eigenvalue weighted by molar-refractivity contribution is -0.135. The second-order valence-electron chi connectivity index (χ2n) is 8.84. The van der Waals surface area contributed by atoms with Crippen molar-refractivity contribution in [3.05, 3.63) is 18.2 Å². The largest absolute Gasteiger partial charge is 0.370 e. The molecule has 0 aliphatic carbocycles. The third kappa shape index (κ3) is 6.47. The maximum atomic E-state index is 13.1. The van der Waals surface area contributed by atoms with Crippen molar-refractivity contribution in [3.8, 4) is 0 Å². The van der Waals surface area contributed by atoms with Crippen molar-refractivity contribution in [1.82, 2.24) is 9.21 Å². The number of likely N-dealkylation sites (tertiary alicyclic amines) is 1. The minimum absolute atomic E-state index is 0.00863. The molecule has 8 nitrogen and oxygen atoms in total. The molecule has 33 heavy (non-hydrogen) atoms. The maximum absolute atomic E-state index is 13.1. The predicted octanol–water partition coefficient (Wildman–Crippen LogP) is 3.44. The van der Waals surface area contributed by atoms with E-state index in [1.54, 1.807) is 23.1 Å². The molecule has 184 valence electrons. The summed E-state index contributed by atoms with van der Waals surface area (Å²) >= 11 is 0. The van der Waals surface area contributed by atoms with Gasteiger partial charge in [0.2, 0.25) is 21.8 Å². The molecule has 0 saturated carbocycles. The van der Waals surface area contributed by atoms with Crippen molar-refractivity contribution in [2.45, 2.75) is 70.1 Å². The number of anilines is 2. The molecule has 9 heteroatoms. The summed E-state index contributed by atoms with van der Waals surface area (Å²) in [7, 11) is -3.65. The molecule has 2 fully saturated rings. The number of hydrogen-bond acceptors (Lipinski definition) is 5. The second-order valence-corrected chi connectivity index (χ2v) is 10.8. The second kappa shape index (κ2) is 11.8. The summed E-state index contributed by atoms with van der Waals surface area (Å²) in [6.07, 6.45) is 7.66. The van der Waals surface area contributed by atoms with Gasteiger partial charge in [0.25, 0.3) is 0 Å². The van der Waals surface area contributed by atoms with Crippen LogP contribution in [0.5, 0.6) is 0 Å². The smallest absolute Gasteiger partial charge is 0.244 e. The molecule has 0 unspecified atom stereocenters. The van der Waals surface area contributed by atoms with Crippen molar-refractivity contribution in [3.63, 3.8) is 0 Å². The van der Waals surface area contributed by atoms with Crippen molar-refractivity contribution >= 4 is 33.2 Å². The lowest BCUT2D eigenvalue weighted by Gasteiger charge is -2.31. The normalized spacial score (nSPS) is 18.2. The van der Waals surface area contributed by atoms with Gasteiger partial charge >= 0.3 is 0 Å². The number of nitrogens with one attached hydrogen (secondary N) is 1. The van der Waals surface area contributed by atoms with E-state index in [1.165, 1.54) is 10.7 Å². The molecule has 0 spiro atoms. The van der Waals surface area contributed by atoms with Gasteiger partial charge in [-0.25, -0.2) is 8.42 Å². The Hall–Kier alpha value is -2.13. The molecular formula is C24H38N4O4S. The van der Waals surface area contributed by atoms with Gasteiger partial charge in [-0.1, -0.05) is 26.7 Å². The number of carbonyl (C=O) groups is 2. The van der Waals surface area contributed by atoms with Gasteiger partial charge in [-0.05, 0) is 50.3 Å². The third-order valence-electron chi connectivity index (χ3n) is 6.54. The van der Waals surface area contributed by atoms with Gasteiger partial charge in [0.15, 0.2) is 0 Å². The Labute approximate surface area is 198 Å². The first kappa shape index (κ1) is 25.5. The van der Waals surface area contributed by atoms with E-state index < -0.39 is 10.0 Å². The molecule has 0 atom stereocenters. The van der Waals surface area contributed by atoms with E-state index in [0.29, 0.717) is 31.7 Å².